The molecule has 0 aliphatic heterocycles. The van der Waals surface area contributed by atoms with Gasteiger partial charge in [0.15, 0.2) is 0 Å². The van der Waals surface area contributed by atoms with Crippen molar-refractivity contribution in [2.75, 3.05) is 19.5 Å². The summed E-state index contributed by atoms with van der Waals surface area (Å²) in [6.45, 7) is 4.30. The standard InChI is InChI=1S/C14H21N3O2/c1-10(14(2)7-8-14)17(3)13(18)16-11-6-5-9-15-12(11)19-4/h5-6,9-10H,7-8H2,1-4H3,(H,16,18)/t10-/m0/s1. The van der Waals surface area contributed by atoms with Crippen LogP contribution in [0.25, 0.3) is 0 Å². The minimum Gasteiger partial charge on any atom is -0.480 e. The second-order valence-electron chi connectivity index (χ2n) is 5.43. The van der Waals surface area contributed by atoms with Crippen LogP contribution in [0, 0.1) is 5.41 Å². The van der Waals surface area contributed by atoms with E-state index < -0.39 is 0 Å². The molecule has 0 radical (unpaired) electrons. The Morgan fingerprint density at radius 3 is 2.84 bits per heavy atom. The molecule has 1 aromatic heterocycles. The Balaban J connectivity index is 2.04. The van der Waals surface area contributed by atoms with Gasteiger partial charge in [-0.25, -0.2) is 9.78 Å². The molecule has 0 bridgehead atoms. The molecule has 2 amide bonds. The summed E-state index contributed by atoms with van der Waals surface area (Å²) >= 11 is 0. The third kappa shape index (κ3) is 2.80. The molecule has 1 aliphatic carbocycles. The summed E-state index contributed by atoms with van der Waals surface area (Å²) in [5, 5.41) is 2.84. The highest BCUT2D eigenvalue weighted by molar-refractivity contribution is 5.90. The van der Waals surface area contributed by atoms with Gasteiger partial charge in [0.1, 0.15) is 5.69 Å². The predicted molar refractivity (Wildman–Crippen MR) is 74.4 cm³/mol. The molecule has 1 aromatic rings. The molecule has 0 aromatic carbocycles. The molecule has 1 aliphatic rings. The van der Waals surface area contributed by atoms with Gasteiger partial charge >= 0.3 is 6.03 Å². The second-order valence-corrected chi connectivity index (χ2v) is 5.43. The lowest BCUT2D eigenvalue weighted by Gasteiger charge is -2.30. The predicted octanol–water partition coefficient (Wildman–Crippen LogP) is 2.74. The van der Waals surface area contributed by atoms with Gasteiger partial charge in [-0.2, -0.15) is 0 Å². The lowest BCUT2D eigenvalue weighted by atomic mass is 10.00. The minimum absolute atomic E-state index is 0.132. The summed E-state index contributed by atoms with van der Waals surface area (Å²) in [5.74, 6) is 0.425. The molecule has 0 unspecified atom stereocenters. The Bertz CT molecular complexity index is 472. The highest BCUT2D eigenvalue weighted by Crippen LogP contribution is 2.49. The smallest absolute Gasteiger partial charge is 0.321 e. The first-order valence-electron chi connectivity index (χ1n) is 6.51. The molecule has 104 valence electrons. The van der Waals surface area contributed by atoms with Crippen LogP contribution in [0.4, 0.5) is 10.5 Å². The number of hydrogen-bond donors (Lipinski definition) is 1. The van der Waals surface area contributed by atoms with Gasteiger partial charge in [0, 0.05) is 19.3 Å². The largest absolute Gasteiger partial charge is 0.480 e. The average molecular weight is 263 g/mol. The summed E-state index contributed by atoms with van der Waals surface area (Å²) in [6, 6.07) is 3.63. The summed E-state index contributed by atoms with van der Waals surface area (Å²) in [7, 11) is 3.36. The number of hydrogen-bond acceptors (Lipinski definition) is 3. The van der Waals surface area contributed by atoms with Crippen LogP contribution in [-0.2, 0) is 0 Å². The van der Waals surface area contributed by atoms with E-state index >= 15 is 0 Å². The van der Waals surface area contributed by atoms with Crippen molar-refractivity contribution in [2.24, 2.45) is 5.41 Å². The van der Waals surface area contributed by atoms with E-state index in [0.29, 0.717) is 11.6 Å². The summed E-state index contributed by atoms with van der Waals surface area (Å²) in [6.07, 6.45) is 4.00. The molecule has 1 heterocycles. The number of aromatic nitrogens is 1. The van der Waals surface area contributed by atoms with E-state index in [0.717, 1.165) is 0 Å². The number of anilines is 1. The van der Waals surface area contributed by atoms with Crippen molar-refractivity contribution in [3.05, 3.63) is 18.3 Å². The monoisotopic (exact) mass is 263 g/mol. The summed E-state index contributed by atoms with van der Waals surface area (Å²) in [4.78, 5) is 18.0. The first kappa shape index (κ1) is 13.6. The maximum absolute atomic E-state index is 12.2. The molecular formula is C14H21N3O2. The van der Waals surface area contributed by atoms with Gasteiger partial charge in [-0.05, 0) is 37.3 Å². The molecule has 1 atom stereocenters. The van der Waals surface area contributed by atoms with E-state index in [-0.39, 0.29) is 17.5 Å². The Hall–Kier alpha value is -1.78. The third-order valence-electron chi connectivity index (χ3n) is 4.15. The molecule has 1 saturated carbocycles. The number of carbonyl (C=O) groups is 1. The first-order chi connectivity index (χ1) is 8.98. The fraction of sp³-hybridized carbons (Fsp3) is 0.571. The van der Waals surface area contributed by atoms with Crippen LogP contribution in [0.5, 0.6) is 5.88 Å². The van der Waals surface area contributed by atoms with Gasteiger partial charge in [-0.1, -0.05) is 6.92 Å². The lowest BCUT2D eigenvalue weighted by Crippen LogP contribution is -2.42. The number of nitrogens with one attached hydrogen (secondary N) is 1. The molecule has 0 saturated heterocycles. The number of nitrogens with zero attached hydrogens (tertiary/aromatic N) is 2. The fourth-order valence-corrected chi connectivity index (χ4v) is 2.11. The summed E-state index contributed by atoms with van der Waals surface area (Å²) in [5.41, 5.74) is 0.862. The van der Waals surface area contributed by atoms with Crippen LogP contribution in [0.3, 0.4) is 0 Å². The zero-order chi connectivity index (χ0) is 14.0. The van der Waals surface area contributed by atoms with E-state index in [1.165, 1.54) is 20.0 Å². The topological polar surface area (TPSA) is 54.5 Å². The SMILES string of the molecule is COc1ncccc1NC(=O)N(C)[C@@H](C)C1(C)CC1. The van der Waals surface area contributed by atoms with Gasteiger partial charge < -0.3 is 15.0 Å². The minimum atomic E-state index is -0.132. The number of pyridine rings is 1. The number of amides is 2. The number of carbonyl (C=O) groups excluding carboxylic acids is 1. The Morgan fingerprint density at radius 2 is 2.26 bits per heavy atom. The molecule has 19 heavy (non-hydrogen) atoms. The van der Waals surface area contributed by atoms with Crippen LogP contribution in [-0.4, -0.2) is 36.1 Å². The van der Waals surface area contributed by atoms with E-state index in [9.17, 15) is 4.79 Å². The maximum Gasteiger partial charge on any atom is 0.321 e. The van der Waals surface area contributed by atoms with E-state index in [4.69, 9.17) is 4.74 Å². The average Bonchev–Trinajstić information content (AvgIpc) is 3.17. The number of rotatable bonds is 4. The van der Waals surface area contributed by atoms with Crippen LogP contribution >= 0.6 is 0 Å². The molecule has 1 fully saturated rings. The van der Waals surface area contributed by atoms with Crippen molar-refractivity contribution >= 4 is 11.7 Å². The molecule has 0 spiro atoms. The first-order valence-corrected chi connectivity index (χ1v) is 6.51. The quantitative estimate of drug-likeness (QED) is 0.908. The van der Waals surface area contributed by atoms with E-state index in [1.54, 1.807) is 23.2 Å². The Labute approximate surface area is 114 Å². The van der Waals surface area contributed by atoms with E-state index in [1.807, 2.05) is 7.05 Å². The maximum atomic E-state index is 12.2. The second kappa shape index (κ2) is 5.07. The van der Waals surface area contributed by atoms with Gasteiger partial charge in [0.2, 0.25) is 5.88 Å². The number of urea groups is 1. The molecule has 5 heteroatoms. The molecule has 2 rings (SSSR count). The van der Waals surface area contributed by atoms with Gasteiger partial charge in [0.05, 0.1) is 7.11 Å². The zero-order valence-electron chi connectivity index (χ0n) is 11.9. The zero-order valence-corrected chi connectivity index (χ0v) is 11.9. The normalized spacial score (nSPS) is 17.5. The Morgan fingerprint density at radius 1 is 1.58 bits per heavy atom. The van der Waals surface area contributed by atoms with Gasteiger partial charge in [-0.3, -0.25) is 0 Å². The molecule has 1 N–H and O–H groups in total. The number of ether oxygens (including phenoxy) is 1. The fourth-order valence-electron chi connectivity index (χ4n) is 2.11. The van der Waals surface area contributed by atoms with Crippen molar-refractivity contribution in [3.63, 3.8) is 0 Å². The van der Waals surface area contributed by atoms with Crippen molar-refractivity contribution in [1.82, 2.24) is 9.88 Å². The van der Waals surface area contributed by atoms with Gasteiger partial charge in [-0.15, -0.1) is 0 Å². The van der Waals surface area contributed by atoms with Crippen LogP contribution in [0.2, 0.25) is 0 Å². The van der Waals surface area contributed by atoms with Crippen molar-refractivity contribution < 1.29 is 9.53 Å². The van der Waals surface area contributed by atoms with Crippen molar-refractivity contribution in [2.45, 2.75) is 32.7 Å². The van der Waals surface area contributed by atoms with Crippen LogP contribution in [0.15, 0.2) is 18.3 Å². The van der Waals surface area contributed by atoms with Gasteiger partial charge in [0.25, 0.3) is 0 Å². The van der Waals surface area contributed by atoms with Crippen molar-refractivity contribution in [1.29, 1.82) is 0 Å². The highest BCUT2D eigenvalue weighted by atomic mass is 16.5. The van der Waals surface area contributed by atoms with Crippen molar-refractivity contribution in [3.8, 4) is 5.88 Å². The lowest BCUT2D eigenvalue weighted by molar-refractivity contribution is 0.183. The Kier molecular flexibility index (Phi) is 3.64. The molecular weight excluding hydrogens is 242 g/mol. The third-order valence-corrected chi connectivity index (χ3v) is 4.15. The van der Waals surface area contributed by atoms with Crippen LogP contribution in [0.1, 0.15) is 26.7 Å². The summed E-state index contributed by atoms with van der Waals surface area (Å²) < 4.78 is 5.12. The number of methoxy groups -OCH3 is 1. The van der Waals surface area contributed by atoms with Crippen LogP contribution < -0.4 is 10.1 Å². The molecule has 5 nitrogen and oxygen atoms in total. The highest BCUT2D eigenvalue weighted by Gasteiger charge is 2.45. The van der Waals surface area contributed by atoms with E-state index in [2.05, 4.69) is 24.1 Å².